The molecule has 1 atom stereocenters. The summed E-state index contributed by atoms with van der Waals surface area (Å²) in [6.45, 7) is 5.93. The second-order valence-corrected chi connectivity index (χ2v) is 7.87. The van der Waals surface area contributed by atoms with Gasteiger partial charge in [-0.1, -0.05) is 18.5 Å². The van der Waals surface area contributed by atoms with Crippen molar-refractivity contribution in [1.82, 2.24) is 4.57 Å². The molecule has 1 aromatic carbocycles. The summed E-state index contributed by atoms with van der Waals surface area (Å²) < 4.78 is 8.03. The maximum Gasteiger partial charge on any atom is 0.202 e. The lowest BCUT2D eigenvalue weighted by atomic mass is 10.0. The molecule has 2 aliphatic rings. The van der Waals surface area contributed by atoms with Gasteiger partial charge in [0, 0.05) is 34.4 Å². The molecule has 0 N–H and O–H groups in total. The maximum absolute atomic E-state index is 12.7. The average molecular weight is 372 g/mol. The molecule has 1 aromatic heterocycles. The highest BCUT2D eigenvalue weighted by molar-refractivity contribution is 6.32. The van der Waals surface area contributed by atoms with E-state index in [0.29, 0.717) is 34.4 Å². The van der Waals surface area contributed by atoms with Crippen molar-refractivity contribution in [3.05, 3.63) is 51.3 Å². The van der Waals surface area contributed by atoms with Crippen LogP contribution in [0, 0.1) is 13.8 Å². The summed E-state index contributed by atoms with van der Waals surface area (Å²) in [4.78, 5) is 25.0. The summed E-state index contributed by atoms with van der Waals surface area (Å²) in [7, 11) is 0. The van der Waals surface area contributed by atoms with E-state index in [9.17, 15) is 9.59 Å². The number of halogens is 1. The second-order valence-electron chi connectivity index (χ2n) is 7.46. The van der Waals surface area contributed by atoms with E-state index < -0.39 is 0 Å². The lowest BCUT2D eigenvalue weighted by Crippen LogP contribution is -2.14. The first kappa shape index (κ1) is 17.3. The third kappa shape index (κ3) is 2.77. The lowest BCUT2D eigenvalue weighted by Gasteiger charge is -2.12. The van der Waals surface area contributed by atoms with Crippen molar-refractivity contribution in [3.8, 4) is 5.75 Å². The highest BCUT2D eigenvalue weighted by Crippen LogP contribution is 2.42. The fourth-order valence-electron chi connectivity index (χ4n) is 4.12. The third-order valence-corrected chi connectivity index (χ3v) is 5.80. The molecule has 1 heterocycles. The van der Waals surface area contributed by atoms with Gasteiger partial charge in [0.2, 0.25) is 5.78 Å². The first-order chi connectivity index (χ1) is 12.4. The van der Waals surface area contributed by atoms with Crippen molar-refractivity contribution in [2.75, 3.05) is 6.61 Å². The molecule has 0 aliphatic heterocycles. The minimum Gasteiger partial charge on any atom is -0.485 e. The van der Waals surface area contributed by atoms with Crippen LogP contribution in [0.3, 0.4) is 0 Å². The van der Waals surface area contributed by atoms with Gasteiger partial charge in [-0.3, -0.25) is 9.59 Å². The van der Waals surface area contributed by atoms with Crippen LogP contribution in [0.4, 0.5) is 0 Å². The molecule has 1 fully saturated rings. The topological polar surface area (TPSA) is 48.3 Å². The van der Waals surface area contributed by atoms with Crippen molar-refractivity contribution >= 4 is 23.2 Å². The van der Waals surface area contributed by atoms with Crippen LogP contribution in [0.15, 0.2) is 18.2 Å². The van der Waals surface area contributed by atoms with Gasteiger partial charge in [-0.2, -0.15) is 0 Å². The molecule has 0 saturated heterocycles. The fourth-order valence-corrected chi connectivity index (χ4v) is 4.46. The molecule has 4 rings (SSSR count). The summed E-state index contributed by atoms with van der Waals surface area (Å²) in [6, 6.07) is 5.92. The summed E-state index contributed by atoms with van der Waals surface area (Å²) in [6.07, 6.45) is 2.79. The van der Waals surface area contributed by atoms with E-state index in [1.807, 2.05) is 26.8 Å². The summed E-state index contributed by atoms with van der Waals surface area (Å²) in [5, 5.41) is 0.588. The summed E-state index contributed by atoms with van der Waals surface area (Å²) >= 11 is 6.26. The van der Waals surface area contributed by atoms with E-state index in [2.05, 4.69) is 4.57 Å². The van der Waals surface area contributed by atoms with E-state index in [0.717, 1.165) is 17.0 Å². The van der Waals surface area contributed by atoms with E-state index in [4.69, 9.17) is 16.3 Å². The molecule has 136 valence electrons. The molecule has 2 aromatic rings. The number of benzene rings is 1. The number of rotatable bonds is 5. The van der Waals surface area contributed by atoms with Crippen molar-refractivity contribution in [2.24, 2.45) is 0 Å². The molecule has 1 unspecified atom stereocenters. The van der Waals surface area contributed by atoms with Crippen LogP contribution < -0.4 is 4.74 Å². The Hall–Kier alpha value is -2.07. The van der Waals surface area contributed by atoms with Gasteiger partial charge in [0.1, 0.15) is 5.75 Å². The zero-order valence-corrected chi connectivity index (χ0v) is 16.0. The Bertz CT molecular complexity index is 924. The standard InChI is InChI=1S/C21H22ClNO3/c1-11-8-17(24)21-19(7-6-16(22)20(11)21)26-10-18(25)15-9-12(2)23(13(15)3)14-4-5-14/h6-7,9,11,14H,4-5,8,10H2,1-3H3. The monoisotopic (exact) mass is 371 g/mol. The number of hydrogen-bond donors (Lipinski definition) is 0. The zero-order chi connectivity index (χ0) is 18.6. The number of nitrogens with zero attached hydrogens (tertiary/aromatic N) is 1. The highest BCUT2D eigenvalue weighted by atomic mass is 35.5. The smallest absolute Gasteiger partial charge is 0.202 e. The number of Topliss-reactive ketones (excluding diaryl/α,β-unsaturated/α-hetero) is 2. The molecule has 26 heavy (non-hydrogen) atoms. The molecule has 1 saturated carbocycles. The molecule has 0 amide bonds. The minimum absolute atomic E-state index is 0.0318. The van der Waals surface area contributed by atoms with Crippen LogP contribution in [0.2, 0.25) is 5.02 Å². The predicted molar refractivity (Wildman–Crippen MR) is 101 cm³/mol. The Balaban J connectivity index is 1.56. The highest BCUT2D eigenvalue weighted by Gasteiger charge is 2.32. The second kappa shape index (κ2) is 6.27. The van der Waals surface area contributed by atoms with Crippen LogP contribution in [0.1, 0.15) is 75.8 Å². The zero-order valence-electron chi connectivity index (χ0n) is 15.3. The molecule has 0 spiro atoms. The van der Waals surface area contributed by atoms with Gasteiger partial charge in [0.25, 0.3) is 0 Å². The van der Waals surface area contributed by atoms with E-state index >= 15 is 0 Å². The van der Waals surface area contributed by atoms with Crippen molar-refractivity contribution in [1.29, 1.82) is 0 Å². The molecule has 0 bridgehead atoms. The van der Waals surface area contributed by atoms with Crippen LogP contribution >= 0.6 is 11.6 Å². The number of ketones is 2. The number of aromatic nitrogens is 1. The maximum atomic E-state index is 12.7. The number of carbonyl (C=O) groups is 2. The molecular formula is C21H22ClNO3. The van der Waals surface area contributed by atoms with E-state index in [-0.39, 0.29) is 24.1 Å². The van der Waals surface area contributed by atoms with Crippen molar-refractivity contribution < 1.29 is 14.3 Å². The number of aryl methyl sites for hydroxylation is 1. The largest absolute Gasteiger partial charge is 0.485 e. The summed E-state index contributed by atoms with van der Waals surface area (Å²) in [5.74, 6) is 0.515. The SMILES string of the molecule is Cc1cc(C(=O)COc2ccc(Cl)c3c2C(=O)CC3C)c(C)n1C1CC1. The third-order valence-electron chi connectivity index (χ3n) is 5.47. The van der Waals surface area contributed by atoms with Crippen LogP contribution in [-0.4, -0.2) is 22.7 Å². The van der Waals surface area contributed by atoms with Gasteiger partial charge in [-0.25, -0.2) is 0 Å². The predicted octanol–water partition coefficient (Wildman–Crippen LogP) is 5.04. The number of hydrogen-bond acceptors (Lipinski definition) is 3. The Morgan fingerprint density at radius 1 is 1.31 bits per heavy atom. The Labute approximate surface area is 158 Å². The lowest BCUT2D eigenvalue weighted by molar-refractivity contribution is 0.0911. The van der Waals surface area contributed by atoms with Gasteiger partial charge in [0.15, 0.2) is 12.4 Å². The van der Waals surface area contributed by atoms with Gasteiger partial charge in [0.05, 0.1) is 5.56 Å². The van der Waals surface area contributed by atoms with Gasteiger partial charge in [-0.05, 0) is 56.4 Å². The van der Waals surface area contributed by atoms with Crippen LogP contribution in [0.25, 0.3) is 0 Å². The van der Waals surface area contributed by atoms with Gasteiger partial charge in [-0.15, -0.1) is 0 Å². The quantitative estimate of drug-likeness (QED) is 0.691. The number of fused-ring (bicyclic) bond motifs is 1. The van der Waals surface area contributed by atoms with Crippen molar-refractivity contribution in [3.63, 3.8) is 0 Å². The Kier molecular flexibility index (Phi) is 4.19. The molecule has 4 nitrogen and oxygen atoms in total. The van der Waals surface area contributed by atoms with Gasteiger partial charge < -0.3 is 9.30 Å². The minimum atomic E-state index is -0.0787. The van der Waals surface area contributed by atoms with E-state index in [1.54, 1.807) is 12.1 Å². The van der Waals surface area contributed by atoms with Crippen molar-refractivity contribution in [2.45, 2.75) is 52.0 Å². The van der Waals surface area contributed by atoms with Crippen LogP contribution in [0.5, 0.6) is 5.75 Å². The first-order valence-electron chi connectivity index (χ1n) is 9.08. The number of carbonyl (C=O) groups excluding carboxylic acids is 2. The Morgan fingerprint density at radius 3 is 2.73 bits per heavy atom. The molecular weight excluding hydrogens is 350 g/mol. The van der Waals surface area contributed by atoms with E-state index in [1.165, 1.54) is 12.8 Å². The normalized spacial score (nSPS) is 18.9. The van der Waals surface area contributed by atoms with Gasteiger partial charge >= 0.3 is 0 Å². The fraction of sp³-hybridized carbons (Fsp3) is 0.429. The number of ether oxygens (including phenoxy) is 1. The molecule has 0 radical (unpaired) electrons. The summed E-state index contributed by atoms with van der Waals surface area (Å²) in [5.41, 5.74) is 4.21. The Morgan fingerprint density at radius 2 is 2.04 bits per heavy atom. The molecule has 2 aliphatic carbocycles. The van der Waals surface area contributed by atoms with Crippen LogP contribution in [-0.2, 0) is 0 Å². The average Bonchev–Trinajstić information content (AvgIpc) is 3.31. The first-order valence-corrected chi connectivity index (χ1v) is 9.46. The molecule has 5 heteroatoms.